The number of benzene rings is 1. The first-order chi connectivity index (χ1) is 7.91. The molecule has 1 aromatic carbocycles. The summed E-state index contributed by atoms with van der Waals surface area (Å²) in [5.74, 6) is -3.21. The normalized spacial score (nSPS) is 10.9. The highest BCUT2D eigenvalue weighted by atomic mass is 19.1. The summed E-state index contributed by atoms with van der Waals surface area (Å²) in [4.78, 5) is 11.7. The van der Waals surface area contributed by atoms with E-state index in [0.29, 0.717) is 17.8 Å². The summed E-state index contributed by atoms with van der Waals surface area (Å²) in [6.07, 6.45) is 0. The molecule has 0 atom stereocenters. The second-order valence-electron chi connectivity index (χ2n) is 3.72. The second kappa shape index (κ2) is 3.80. The van der Waals surface area contributed by atoms with Crippen LogP contribution in [0, 0.1) is 24.4 Å². The van der Waals surface area contributed by atoms with Gasteiger partial charge in [-0.05, 0) is 6.92 Å². The first-order valence-electron chi connectivity index (χ1n) is 4.82. The van der Waals surface area contributed by atoms with Gasteiger partial charge in [-0.2, -0.15) is 0 Å². The molecule has 2 rings (SSSR count). The fourth-order valence-electron chi connectivity index (χ4n) is 1.76. The van der Waals surface area contributed by atoms with Crippen LogP contribution in [0.2, 0.25) is 0 Å². The minimum Gasteiger partial charge on any atom is -0.300 e. The molecule has 0 aliphatic carbocycles. The number of hydrogen-bond donors (Lipinski definition) is 1. The van der Waals surface area contributed by atoms with Crippen LogP contribution in [0.5, 0.6) is 0 Å². The number of aromatic amines is 1. The van der Waals surface area contributed by atoms with Crippen molar-refractivity contribution in [1.82, 2.24) is 9.78 Å². The Morgan fingerprint density at radius 3 is 2.06 bits per heavy atom. The summed E-state index contributed by atoms with van der Waals surface area (Å²) in [5, 5.41) is 2.62. The number of rotatable bonds is 1. The number of aryl methyl sites for hydroxylation is 2. The first-order valence-corrected chi connectivity index (χ1v) is 4.82. The summed E-state index contributed by atoms with van der Waals surface area (Å²) in [5.41, 5.74) is -0.873. The molecule has 3 nitrogen and oxygen atoms in total. The Hall–Kier alpha value is -1.98. The van der Waals surface area contributed by atoms with Crippen LogP contribution in [0.25, 0.3) is 11.1 Å². The lowest BCUT2D eigenvalue weighted by Gasteiger charge is -2.03. The maximum Gasteiger partial charge on any atom is 0.274 e. The Labute approximate surface area is 94.5 Å². The Kier molecular flexibility index (Phi) is 2.57. The molecular formula is C11H9F3N2O. The first kappa shape index (κ1) is 11.5. The lowest BCUT2D eigenvalue weighted by molar-refractivity contribution is 0.547. The van der Waals surface area contributed by atoms with Crippen LogP contribution in [-0.4, -0.2) is 9.78 Å². The lowest BCUT2D eigenvalue weighted by atomic mass is 10.1. The minimum atomic E-state index is -1.10. The molecule has 0 saturated carbocycles. The summed E-state index contributed by atoms with van der Waals surface area (Å²) in [6, 6.07) is 1.09. The molecule has 0 bridgehead atoms. The number of hydrogen-bond acceptors (Lipinski definition) is 1. The van der Waals surface area contributed by atoms with Crippen LogP contribution < -0.4 is 5.56 Å². The summed E-state index contributed by atoms with van der Waals surface area (Å²) < 4.78 is 40.9. The van der Waals surface area contributed by atoms with Gasteiger partial charge < -0.3 is 0 Å². The Bertz CT molecular complexity index is 620. The average Bonchev–Trinajstić information content (AvgIpc) is 2.43. The standard InChI is InChI=1S/C11H9F3N2O/c1-5-9(11(17)16(2)15-5)10-7(13)3-6(12)4-8(10)14/h3-4,15H,1-2H3. The van der Waals surface area contributed by atoms with E-state index in [1.807, 2.05) is 0 Å². The van der Waals surface area contributed by atoms with Gasteiger partial charge in [0.05, 0.1) is 11.1 Å². The molecular weight excluding hydrogens is 233 g/mol. The third kappa shape index (κ3) is 1.75. The highest BCUT2D eigenvalue weighted by molar-refractivity contribution is 5.66. The zero-order valence-corrected chi connectivity index (χ0v) is 9.14. The van der Waals surface area contributed by atoms with Gasteiger partial charge in [0.15, 0.2) is 0 Å². The zero-order valence-electron chi connectivity index (χ0n) is 9.14. The van der Waals surface area contributed by atoms with Crippen LogP contribution in [0.3, 0.4) is 0 Å². The maximum atomic E-state index is 13.5. The van der Waals surface area contributed by atoms with E-state index in [2.05, 4.69) is 5.10 Å². The van der Waals surface area contributed by atoms with E-state index in [-0.39, 0.29) is 5.56 Å². The van der Waals surface area contributed by atoms with Crippen molar-refractivity contribution >= 4 is 0 Å². The molecule has 0 saturated heterocycles. The lowest BCUT2D eigenvalue weighted by Crippen LogP contribution is -2.14. The van der Waals surface area contributed by atoms with Crippen molar-refractivity contribution in [2.75, 3.05) is 0 Å². The number of H-pyrrole nitrogens is 1. The highest BCUT2D eigenvalue weighted by Crippen LogP contribution is 2.26. The Morgan fingerprint density at radius 1 is 1.12 bits per heavy atom. The van der Waals surface area contributed by atoms with Crippen molar-refractivity contribution in [3.05, 3.63) is 45.6 Å². The van der Waals surface area contributed by atoms with Gasteiger partial charge >= 0.3 is 0 Å². The Balaban J connectivity index is 2.82. The molecule has 2 aromatic rings. The minimum absolute atomic E-state index is 0.123. The fourth-order valence-corrected chi connectivity index (χ4v) is 1.76. The van der Waals surface area contributed by atoms with Crippen LogP contribution in [0.15, 0.2) is 16.9 Å². The molecule has 0 radical (unpaired) electrons. The third-order valence-electron chi connectivity index (χ3n) is 2.49. The van der Waals surface area contributed by atoms with E-state index in [9.17, 15) is 18.0 Å². The molecule has 6 heteroatoms. The van der Waals surface area contributed by atoms with E-state index in [1.165, 1.54) is 14.0 Å². The van der Waals surface area contributed by atoms with Crippen LogP contribution in [-0.2, 0) is 7.05 Å². The van der Waals surface area contributed by atoms with Crippen LogP contribution >= 0.6 is 0 Å². The monoisotopic (exact) mass is 242 g/mol. The molecule has 1 N–H and O–H groups in total. The van der Waals surface area contributed by atoms with E-state index < -0.39 is 28.6 Å². The number of aromatic nitrogens is 2. The molecule has 90 valence electrons. The predicted octanol–water partition coefficient (Wildman–Crippen LogP) is 2.11. The zero-order chi connectivity index (χ0) is 12.7. The average molecular weight is 242 g/mol. The van der Waals surface area contributed by atoms with E-state index >= 15 is 0 Å². The van der Waals surface area contributed by atoms with Crippen LogP contribution in [0.4, 0.5) is 13.2 Å². The van der Waals surface area contributed by atoms with Crippen molar-refractivity contribution in [3.63, 3.8) is 0 Å². The van der Waals surface area contributed by atoms with E-state index in [4.69, 9.17) is 0 Å². The summed E-state index contributed by atoms with van der Waals surface area (Å²) in [6.45, 7) is 1.51. The van der Waals surface area contributed by atoms with Crippen molar-refractivity contribution in [3.8, 4) is 11.1 Å². The molecule has 0 unspecified atom stereocenters. The van der Waals surface area contributed by atoms with Gasteiger partial charge in [0, 0.05) is 24.9 Å². The van der Waals surface area contributed by atoms with Gasteiger partial charge in [-0.15, -0.1) is 0 Å². The topological polar surface area (TPSA) is 37.8 Å². The third-order valence-corrected chi connectivity index (χ3v) is 2.49. The molecule has 17 heavy (non-hydrogen) atoms. The van der Waals surface area contributed by atoms with Crippen LogP contribution in [0.1, 0.15) is 5.69 Å². The van der Waals surface area contributed by atoms with Gasteiger partial charge in [0.1, 0.15) is 17.5 Å². The fraction of sp³-hybridized carbons (Fsp3) is 0.182. The van der Waals surface area contributed by atoms with Crippen molar-refractivity contribution in [1.29, 1.82) is 0 Å². The molecule has 1 heterocycles. The smallest absolute Gasteiger partial charge is 0.274 e. The molecule has 0 aliphatic heterocycles. The largest absolute Gasteiger partial charge is 0.300 e. The maximum absolute atomic E-state index is 13.5. The van der Waals surface area contributed by atoms with Gasteiger partial charge in [-0.3, -0.25) is 14.6 Å². The predicted molar refractivity (Wildman–Crippen MR) is 56.1 cm³/mol. The summed E-state index contributed by atoms with van der Waals surface area (Å²) >= 11 is 0. The van der Waals surface area contributed by atoms with Gasteiger partial charge in [0.2, 0.25) is 0 Å². The van der Waals surface area contributed by atoms with Crippen molar-refractivity contribution in [2.24, 2.45) is 7.05 Å². The quantitative estimate of drug-likeness (QED) is 0.817. The SMILES string of the molecule is Cc1[nH]n(C)c(=O)c1-c1c(F)cc(F)cc1F. The molecule has 0 spiro atoms. The van der Waals surface area contributed by atoms with E-state index in [1.54, 1.807) is 0 Å². The van der Waals surface area contributed by atoms with Crippen molar-refractivity contribution in [2.45, 2.75) is 6.92 Å². The number of nitrogens with zero attached hydrogens (tertiary/aromatic N) is 1. The highest BCUT2D eigenvalue weighted by Gasteiger charge is 2.20. The number of nitrogens with one attached hydrogen (secondary N) is 1. The van der Waals surface area contributed by atoms with Gasteiger partial charge in [0.25, 0.3) is 5.56 Å². The summed E-state index contributed by atoms with van der Waals surface area (Å²) in [7, 11) is 1.43. The van der Waals surface area contributed by atoms with Crippen molar-refractivity contribution < 1.29 is 13.2 Å². The molecule has 0 aliphatic rings. The van der Waals surface area contributed by atoms with E-state index in [0.717, 1.165) is 4.68 Å². The molecule has 0 amide bonds. The Morgan fingerprint density at radius 2 is 1.65 bits per heavy atom. The second-order valence-corrected chi connectivity index (χ2v) is 3.72. The number of halogens is 3. The van der Waals surface area contributed by atoms with Gasteiger partial charge in [-0.25, -0.2) is 13.2 Å². The molecule has 1 aromatic heterocycles. The molecule has 0 fully saturated rings. The van der Waals surface area contributed by atoms with Gasteiger partial charge in [-0.1, -0.05) is 0 Å².